The molecule has 0 spiro atoms. The summed E-state index contributed by atoms with van der Waals surface area (Å²) in [5.41, 5.74) is 2.13. The molecule has 0 saturated heterocycles. The molecule has 0 bridgehead atoms. The van der Waals surface area contributed by atoms with Gasteiger partial charge >= 0.3 is 0 Å². The first kappa shape index (κ1) is 15.1. The third-order valence-corrected chi connectivity index (χ3v) is 4.00. The van der Waals surface area contributed by atoms with Crippen molar-refractivity contribution in [3.63, 3.8) is 0 Å². The molecule has 0 amide bonds. The molecule has 1 aromatic heterocycles. The van der Waals surface area contributed by atoms with Gasteiger partial charge in [0.05, 0.1) is 7.11 Å². The van der Waals surface area contributed by atoms with Crippen LogP contribution in [0, 0.1) is 0 Å². The van der Waals surface area contributed by atoms with E-state index in [0.29, 0.717) is 5.02 Å². The van der Waals surface area contributed by atoms with Gasteiger partial charge in [-0.1, -0.05) is 39.7 Å². The lowest BCUT2D eigenvalue weighted by Gasteiger charge is -2.10. The maximum atomic E-state index is 6.14. The van der Waals surface area contributed by atoms with E-state index in [4.69, 9.17) is 16.3 Å². The Morgan fingerprint density at radius 1 is 1.23 bits per heavy atom. The van der Waals surface area contributed by atoms with E-state index < -0.39 is 0 Å². The van der Waals surface area contributed by atoms with Gasteiger partial charge in [-0.25, -0.2) is 4.98 Å². The SMILES string of the molecule is COc1cccc(Cn2ccnc2-c2cc(Cl)cc(Br)c2)c1. The Labute approximate surface area is 142 Å². The highest BCUT2D eigenvalue weighted by Gasteiger charge is 2.09. The van der Waals surface area contributed by atoms with E-state index in [1.165, 1.54) is 0 Å². The van der Waals surface area contributed by atoms with Gasteiger partial charge in [0.2, 0.25) is 0 Å². The number of hydrogen-bond donors (Lipinski definition) is 0. The van der Waals surface area contributed by atoms with E-state index in [1.807, 2.05) is 42.6 Å². The van der Waals surface area contributed by atoms with Crippen LogP contribution in [0.25, 0.3) is 11.4 Å². The predicted molar refractivity (Wildman–Crippen MR) is 92.5 cm³/mol. The summed E-state index contributed by atoms with van der Waals surface area (Å²) in [6.07, 6.45) is 3.76. The molecule has 0 radical (unpaired) electrons. The standard InChI is InChI=1S/C17H14BrClN2O/c1-22-16-4-2-3-12(7-16)11-21-6-5-20-17(21)13-8-14(18)10-15(19)9-13/h2-10H,11H2,1H3. The van der Waals surface area contributed by atoms with Crippen molar-refractivity contribution in [3.05, 3.63) is 69.9 Å². The minimum absolute atomic E-state index is 0.681. The van der Waals surface area contributed by atoms with Crippen LogP contribution < -0.4 is 4.74 Å². The van der Waals surface area contributed by atoms with Crippen LogP contribution in [0.1, 0.15) is 5.56 Å². The first-order valence-electron chi connectivity index (χ1n) is 6.76. The van der Waals surface area contributed by atoms with Crippen molar-refractivity contribution >= 4 is 27.5 Å². The molecule has 0 saturated carbocycles. The van der Waals surface area contributed by atoms with Crippen molar-refractivity contribution in [2.24, 2.45) is 0 Å². The first-order chi connectivity index (χ1) is 10.7. The zero-order valence-electron chi connectivity index (χ0n) is 12.0. The van der Waals surface area contributed by atoms with E-state index in [0.717, 1.165) is 33.7 Å². The molecule has 0 N–H and O–H groups in total. The lowest BCUT2D eigenvalue weighted by molar-refractivity contribution is 0.414. The van der Waals surface area contributed by atoms with E-state index in [2.05, 4.69) is 31.5 Å². The number of ether oxygens (including phenoxy) is 1. The second-order valence-electron chi connectivity index (χ2n) is 4.89. The molecule has 3 rings (SSSR count). The summed E-state index contributed by atoms with van der Waals surface area (Å²) in [5.74, 6) is 1.73. The Kier molecular flexibility index (Phi) is 4.50. The van der Waals surface area contributed by atoms with Crippen LogP contribution in [-0.4, -0.2) is 16.7 Å². The smallest absolute Gasteiger partial charge is 0.140 e. The Balaban J connectivity index is 1.94. The van der Waals surface area contributed by atoms with Crippen LogP contribution in [-0.2, 0) is 6.54 Å². The number of aromatic nitrogens is 2. The number of rotatable bonds is 4. The maximum Gasteiger partial charge on any atom is 0.140 e. The number of benzene rings is 2. The molecule has 0 unspecified atom stereocenters. The zero-order valence-corrected chi connectivity index (χ0v) is 14.3. The molecule has 22 heavy (non-hydrogen) atoms. The lowest BCUT2D eigenvalue weighted by atomic mass is 10.2. The molecule has 0 aliphatic carbocycles. The van der Waals surface area contributed by atoms with Gasteiger partial charge in [-0.2, -0.15) is 0 Å². The van der Waals surface area contributed by atoms with E-state index in [9.17, 15) is 0 Å². The molecule has 2 aromatic carbocycles. The Bertz CT molecular complexity index is 781. The normalized spacial score (nSPS) is 10.7. The van der Waals surface area contributed by atoms with Crippen molar-refractivity contribution in [2.45, 2.75) is 6.54 Å². The average Bonchev–Trinajstić information content (AvgIpc) is 2.94. The molecule has 3 aromatic rings. The molecular formula is C17H14BrClN2O. The number of imidazole rings is 1. The number of nitrogens with zero attached hydrogens (tertiary/aromatic N) is 2. The largest absolute Gasteiger partial charge is 0.497 e. The average molecular weight is 378 g/mol. The minimum Gasteiger partial charge on any atom is -0.497 e. The number of hydrogen-bond acceptors (Lipinski definition) is 2. The van der Waals surface area contributed by atoms with E-state index in [-0.39, 0.29) is 0 Å². The van der Waals surface area contributed by atoms with Gasteiger partial charge in [-0.3, -0.25) is 0 Å². The van der Waals surface area contributed by atoms with Crippen molar-refractivity contribution in [3.8, 4) is 17.1 Å². The summed E-state index contributed by atoms with van der Waals surface area (Å²) in [7, 11) is 1.67. The third-order valence-electron chi connectivity index (χ3n) is 3.32. The molecule has 0 fully saturated rings. The molecule has 0 atom stereocenters. The van der Waals surface area contributed by atoms with Crippen molar-refractivity contribution < 1.29 is 4.74 Å². The summed E-state index contributed by atoms with van der Waals surface area (Å²) < 4.78 is 8.30. The van der Waals surface area contributed by atoms with E-state index in [1.54, 1.807) is 13.3 Å². The second kappa shape index (κ2) is 6.55. The summed E-state index contributed by atoms with van der Waals surface area (Å²) in [6.45, 7) is 0.719. The van der Waals surface area contributed by atoms with Gasteiger partial charge in [0.1, 0.15) is 11.6 Å². The fourth-order valence-electron chi connectivity index (χ4n) is 2.35. The van der Waals surface area contributed by atoms with Crippen molar-refractivity contribution in [1.29, 1.82) is 0 Å². The summed E-state index contributed by atoms with van der Waals surface area (Å²) in [5, 5.41) is 0.681. The minimum atomic E-state index is 0.681. The van der Waals surface area contributed by atoms with Crippen LogP contribution >= 0.6 is 27.5 Å². The topological polar surface area (TPSA) is 27.1 Å². The summed E-state index contributed by atoms with van der Waals surface area (Å²) >= 11 is 9.61. The van der Waals surface area contributed by atoms with Gasteiger partial charge in [-0.15, -0.1) is 0 Å². The molecular weight excluding hydrogens is 364 g/mol. The first-order valence-corrected chi connectivity index (χ1v) is 7.93. The highest BCUT2D eigenvalue weighted by molar-refractivity contribution is 9.10. The maximum absolute atomic E-state index is 6.14. The highest BCUT2D eigenvalue weighted by atomic mass is 79.9. The fraction of sp³-hybridized carbons (Fsp3) is 0.118. The lowest BCUT2D eigenvalue weighted by Crippen LogP contribution is -2.01. The van der Waals surface area contributed by atoms with Crippen molar-refractivity contribution in [1.82, 2.24) is 9.55 Å². The van der Waals surface area contributed by atoms with Gasteiger partial charge in [0.15, 0.2) is 0 Å². The van der Waals surface area contributed by atoms with Gasteiger partial charge in [0.25, 0.3) is 0 Å². The highest BCUT2D eigenvalue weighted by Crippen LogP contribution is 2.27. The molecule has 3 nitrogen and oxygen atoms in total. The second-order valence-corrected chi connectivity index (χ2v) is 6.24. The van der Waals surface area contributed by atoms with Crippen LogP contribution in [0.5, 0.6) is 5.75 Å². The summed E-state index contributed by atoms with van der Waals surface area (Å²) in [6, 6.07) is 13.8. The number of halogens is 2. The molecule has 0 aliphatic rings. The van der Waals surface area contributed by atoms with Crippen LogP contribution in [0.4, 0.5) is 0 Å². The molecule has 1 heterocycles. The molecule has 112 valence electrons. The monoisotopic (exact) mass is 376 g/mol. The van der Waals surface area contributed by atoms with Crippen molar-refractivity contribution in [2.75, 3.05) is 7.11 Å². The molecule has 5 heteroatoms. The van der Waals surface area contributed by atoms with Crippen LogP contribution in [0.2, 0.25) is 5.02 Å². The fourth-order valence-corrected chi connectivity index (χ4v) is 3.21. The zero-order chi connectivity index (χ0) is 15.5. The Hall–Kier alpha value is -1.78. The predicted octanol–water partition coefficient (Wildman–Crippen LogP) is 5.02. The molecule has 0 aliphatic heterocycles. The van der Waals surface area contributed by atoms with Gasteiger partial charge < -0.3 is 9.30 Å². The van der Waals surface area contributed by atoms with Crippen LogP contribution in [0.15, 0.2) is 59.3 Å². The quantitative estimate of drug-likeness (QED) is 0.638. The Morgan fingerprint density at radius 3 is 2.86 bits per heavy atom. The Morgan fingerprint density at radius 2 is 2.09 bits per heavy atom. The third kappa shape index (κ3) is 3.34. The van der Waals surface area contributed by atoms with Crippen LogP contribution in [0.3, 0.4) is 0 Å². The van der Waals surface area contributed by atoms with Gasteiger partial charge in [-0.05, 0) is 35.9 Å². The van der Waals surface area contributed by atoms with E-state index >= 15 is 0 Å². The summed E-state index contributed by atoms with van der Waals surface area (Å²) in [4.78, 5) is 4.46. The van der Waals surface area contributed by atoms with Gasteiger partial charge in [0, 0.05) is 34.0 Å². The number of methoxy groups -OCH3 is 1.